The molecule has 7 heteroatoms. The van der Waals surface area contributed by atoms with E-state index in [9.17, 15) is 18.0 Å². The molecule has 23 heavy (non-hydrogen) atoms. The lowest BCUT2D eigenvalue weighted by molar-refractivity contribution is -0.137. The van der Waals surface area contributed by atoms with Gasteiger partial charge >= 0.3 is 6.18 Å². The Bertz CT molecular complexity index is 714. The van der Waals surface area contributed by atoms with Crippen LogP contribution in [-0.2, 0) is 6.18 Å². The number of nitrogens with one attached hydrogen (secondary N) is 1. The van der Waals surface area contributed by atoms with Crippen LogP contribution >= 0.6 is 23.2 Å². The molecule has 0 saturated heterocycles. The van der Waals surface area contributed by atoms with Crippen molar-refractivity contribution in [3.05, 3.63) is 69.2 Å². The molecule has 2 aromatic rings. The predicted octanol–water partition coefficient (Wildman–Crippen LogP) is 5.50. The summed E-state index contributed by atoms with van der Waals surface area (Å²) in [5, 5.41) is 3.28. The normalized spacial score (nSPS) is 12.8. The Kier molecular flexibility index (Phi) is 5.22. The second kappa shape index (κ2) is 6.81. The van der Waals surface area contributed by atoms with Crippen molar-refractivity contribution in [1.29, 1.82) is 0 Å². The molecule has 1 N–H and O–H groups in total. The van der Waals surface area contributed by atoms with Gasteiger partial charge in [0, 0.05) is 5.02 Å². The van der Waals surface area contributed by atoms with Crippen molar-refractivity contribution in [2.75, 3.05) is 0 Å². The van der Waals surface area contributed by atoms with Crippen LogP contribution in [0.1, 0.15) is 34.5 Å². The van der Waals surface area contributed by atoms with E-state index in [1.807, 2.05) is 0 Å². The van der Waals surface area contributed by atoms with Gasteiger partial charge in [-0.1, -0.05) is 35.3 Å². The molecule has 0 aromatic heterocycles. The lowest BCUT2D eigenvalue weighted by Gasteiger charge is -2.16. The zero-order valence-corrected chi connectivity index (χ0v) is 13.4. The maximum atomic E-state index is 12.5. The monoisotopic (exact) mass is 361 g/mol. The topological polar surface area (TPSA) is 29.1 Å². The first-order valence-corrected chi connectivity index (χ1v) is 7.37. The molecule has 122 valence electrons. The lowest BCUT2D eigenvalue weighted by atomic mass is 10.1. The van der Waals surface area contributed by atoms with E-state index in [-0.39, 0.29) is 10.6 Å². The summed E-state index contributed by atoms with van der Waals surface area (Å²) in [6.07, 6.45) is -4.39. The number of alkyl halides is 3. The van der Waals surface area contributed by atoms with Gasteiger partial charge in [0.15, 0.2) is 0 Å². The highest BCUT2D eigenvalue weighted by Gasteiger charge is 2.30. The maximum absolute atomic E-state index is 12.5. The van der Waals surface area contributed by atoms with Crippen LogP contribution in [0.3, 0.4) is 0 Å². The molecule has 0 aliphatic heterocycles. The molecular weight excluding hydrogens is 350 g/mol. The van der Waals surface area contributed by atoms with Crippen LogP contribution in [0.15, 0.2) is 42.5 Å². The van der Waals surface area contributed by atoms with Crippen molar-refractivity contribution in [3.8, 4) is 0 Å². The first-order valence-electron chi connectivity index (χ1n) is 6.61. The second-order valence-corrected chi connectivity index (χ2v) is 5.78. The number of hydrogen-bond donors (Lipinski definition) is 1. The summed E-state index contributed by atoms with van der Waals surface area (Å²) >= 11 is 11.8. The molecule has 0 spiro atoms. The molecule has 1 atom stereocenters. The summed E-state index contributed by atoms with van der Waals surface area (Å²) < 4.78 is 37.6. The third-order valence-electron chi connectivity index (χ3n) is 3.26. The molecule has 1 unspecified atom stereocenters. The van der Waals surface area contributed by atoms with Crippen molar-refractivity contribution < 1.29 is 18.0 Å². The third kappa shape index (κ3) is 4.39. The Morgan fingerprint density at radius 1 is 1.09 bits per heavy atom. The average molecular weight is 362 g/mol. The number of amides is 1. The van der Waals surface area contributed by atoms with Crippen LogP contribution < -0.4 is 5.32 Å². The van der Waals surface area contributed by atoms with Crippen molar-refractivity contribution in [2.24, 2.45) is 0 Å². The molecule has 0 saturated carbocycles. The fraction of sp³-hybridized carbons (Fsp3) is 0.188. The molecule has 2 rings (SSSR count). The zero-order chi connectivity index (χ0) is 17.2. The number of halogens is 5. The highest BCUT2D eigenvalue weighted by Crippen LogP contribution is 2.30. The number of carbonyl (C=O) groups excluding carboxylic acids is 1. The van der Waals surface area contributed by atoms with Gasteiger partial charge in [-0.2, -0.15) is 13.2 Å². The summed E-state index contributed by atoms with van der Waals surface area (Å²) in [5.41, 5.74) is 0.0140. The van der Waals surface area contributed by atoms with Gasteiger partial charge in [-0.3, -0.25) is 4.79 Å². The molecular formula is C16H12Cl2F3NO. The minimum Gasteiger partial charge on any atom is -0.345 e. The van der Waals surface area contributed by atoms with Crippen molar-refractivity contribution in [2.45, 2.75) is 19.1 Å². The van der Waals surface area contributed by atoms with E-state index in [4.69, 9.17) is 23.2 Å². The molecule has 2 aromatic carbocycles. The van der Waals surface area contributed by atoms with Crippen LogP contribution in [0.25, 0.3) is 0 Å². The van der Waals surface area contributed by atoms with Gasteiger partial charge < -0.3 is 5.32 Å². The summed E-state index contributed by atoms with van der Waals surface area (Å²) in [6, 6.07) is 8.61. The molecule has 0 fully saturated rings. The van der Waals surface area contributed by atoms with Crippen LogP contribution in [0.4, 0.5) is 13.2 Å². The van der Waals surface area contributed by atoms with E-state index < -0.39 is 23.7 Å². The largest absolute Gasteiger partial charge is 0.416 e. The third-order valence-corrected chi connectivity index (χ3v) is 3.82. The SMILES string of the molecule is CC(NC(=O)c1cc(Cl)ccc1Cl)c1ccc(C(F)(F)F)cc1. The predicted molar refractivity (Wildman–Crippen MR) is 83.8 cm³/mol. The fourth-order valence-electron chi connectivity index (χ4n) is 1.99. The molecule has 0 aliphatic carbocycles. The number of rotatable bonds is 3. The average Bonchev–Trinajstić information content (AvgIpc) is 2.48. The van der Waals surface area contributed by atoms with Crippen LogP contribution in [0.5, 0.6) is 0 Å². The highest BCUT2D eigenvalue weighted by molar-refractivity contribution is 6.35. The van der Waals surface area contributed by atoms with Gasteiger partial charge in [0.25, 0.3) is 5.91 Å². The van der Waals surface area contributed by atoms with Crippen LogP contribution in [0, 0.1) is 0 Å². The molecule has 0 bridgehead atoms. The number of carbonyl (C=O) groups is 1. The van der Waals surface area contributed by atoms with E-state index in [0.29, 0.717) is 10.6 Å². The van der Waals surface area contributed by atoms with Crippen molar-refractivity contribution in [3.63, 3.8) is 0 Å². The van der Waals surface area contributed by atoms with Crippen LogP contribution in [-0.4, -0.2) is 5.91 Å². The first-order chi connectivity index (χ1) is 10.7. The molecule has 0 aliphatic rings. The summed E-state index contributed by atoms with van der Waals surface area (Å²) in [5.74, 6) is -0.454. The Morgan fingerprint density at radius 3 is 2.26 bits per heavy atom. The Morgan fingerprint density at radius 2 is 1.70 bits per heavy atom. The minimum absolute atomic E-state index is 0.206. The number of hydrogen-bond acceptors (Lipinski definition) is 1. The number of benzene rings is 2. The molecule has 2 nitrogen and oxygen atoms in total. The van der Waals surface area contributed by atoms with Crippen LogP contribution in [0.2, 0.25) is 10.0 Å². The molecule has 0 heterocycles. The van der Waals surface area contributed by atoms with E-state index in [0.717, 1.165) is 12.1 Å². The smallest absolute Gasteiger partial charge is 0.345 e. The summed E-state index contributed by atoms with van der Waals surface area (Å²) in [4.78, 5) is 12.2. The Balaban J connectivity index is 2.14. The Labute approximate surface area is 141 Å². The fourth-order valence-corrected chi connectivity index (χ4v) is 2.37. The van der Waals surface area contributed by atoms with Gasteiger partial charge in [0.05, 0.1) is 22.2 Å². The Hall–Kier alpha value is -1.72. The van der Waals surface area contributed by atoms with E-state index >= 15 is 0 Å². The first kappa shape index (κ1) is 17.6. The standard InChI is InChI=1S/C16H12Cl2F3NO/c1-9(10-2-4-11(5-3-10)16(19,20)21)22-15(23)13-8-12(17)6-7-14(13)18/h2-9H,1H3,(H,22,23). The van der Waals surface area contributed by atoms with Gasteiger partial charge in [0.1, 0.15) is 0 Å². The van der Waals surface area contributed by atoms with E-state index in [2.05, 4.69) is 5.32 Å². The summed E-state index contributed by atoms with van der Waals surface area (Å²) in [6.45, 7) is 1.67. The minimum atomic E-state index is -4.39. The molecule has 0 radical (unpaired) electrons. The summed E-state index contributed by atoms with van der Waals surface area (Å²) in [7, 11) is 0. The molecule has 1 amide bonds. The van der Waals surface area contributed by atoms with Gasteiger partial charge in [0.2, 0.25) is 0 Å². The van der Waals surface area contributed by atoms with Gasteiger partial charge in [-0.25, -0.2) is 0 Å². The van der Waals surface area contributed by atoms with Gasteiger partial charge in [-0.15, -0.1) is 0 Å². The zero-order valence-electron chi connectivity index (χ0n) is 11.9. The highest BCUT2D eigenvalue weighted by atomic mass is 35.5. The second-order valence-electron chi connectivity index (χ2n) is 4.94. The van der Waals surface area contributed by atoms with E-state index in [1.165, 1.54) is 24.3 Å². The van der Waals surface area contributed by atoms with Crippen molar-refractivity contribution >= 4 is 29.1 Å². The lowest BCUT2D eigenvalue weighted by Crippen LogP contribution is -2.27. The maximum Gasteiger partial charge on any atom is 0.416 e. The van der Waals surface area contributed by atoms with E-state index in [1.54, 1.807) is 13.0 Å². The van der Waals surface area contributed by atoms with Gasteiger partial charge in [-0.05, 0) is 42.8 Å². The van der Waals surface area contributed by atoms with Crippen molar-refractivity contribution in [1.82, 2.24) is 5.32 Å². The quantitative estimate of drug-likeness (QED) is 0.767.